The molecular weight excluding hydrogens is 543 g/mol. The van der Waals surface area contributed by atoms with Crippen molar-refractivity contribution in [1.82, 2.24) is 29.7 Å². The van der Waals surface area contributed by atoms with Gasteiger partial charge in [-0.25, -0.2) is 0 Å². The van der Waals surface area contributed by atoms with Crippen LogP contribution in [0.5, 0.6) is 11.5 Å². The van der Waals surface area contributed by atoms with Gasteiger partial charge < -0.3 is 10.2 Å². The Morgan fingerprint density at radius 2 is 1.19 bits per heavy atom. The molecule has 0 aliphatic heterocycles. The van der Waals surface area contributed by atoms with Crippen LogP contribution in [-0.2, 0) is 12.8 Å². The lowest BCUT2D eigenvalue weighted by Gasteiger charge is -2.00. The smallest absolute Gasteiger partial charge is 0.216 e. The van der Waals surface area contributed by atoms with E-state index in [4.69, 9.17) is 47.6 Å². The van der Waals surface area contributed by atoms with Crippen LogP contribution in [-0.4, -0.2) is 52.4 Å². The SMILES string of the molecule is CCc1n[nH]c(=S)n1/N=C/c1cc(Cl)ccc1O.CCc1n[nH]c(=S)n1/N=C/c1cc(Cl)ccc1O. The van der Waals surface area contributed by atoms with Crippen molar-refractivity contribution in [1.29, 1.82) is 0 Å². The van der Waals surface area contributed by atoms with Crippen molar-refractivity contribution < 1.29 is 10.2 Å². The fraction of sp³-hybridized carbons (Fsp3) is 0.182. The molecule has 0 aliphatic carbocycles. The molecule has 2 aromatic carbocycles. The van der Waals surface area contributed by atoms with Crippen molar-refractivity contribution in [2.24, 2.45) is 10.2 Å². The molecule has 0 fully saturated rings. The molecule has 0 radical (unpaired) electrons. The molecule has 4 aromatic rings. The second kappa shape index (κ2) is 12.6. The third-order valence-corrected chi connectivity index (χ3v) is 5.67. The highest BCUT2D eigenvalue weighted by Crippen LogP contribution is 2.20. The standard InChI is InChI=1S/2C11H11ClN4OS/c2*1-2-10-14-15-11(18)16(10)13-6-7-5-8(12)3-4-9(7)17/h2*3-6,17H,2H2,1H3,(H,15,18)/b2*13-6+. The summed E-state index contributed by atoms with van der Waals surface area (Å²) in [5.41, 5.74) is 1.04. The molecule has 4 rings (SSSR count). The minimum Gasteiger partial charge on any atom is -0.507 e. The van der Waals surface area contributed by atoms with E-state index in [1.165, 1.54) is 33.9 Å². The van der Waals surface area contributed by atoms with E-state index in [-0.39, 0.29) is 11.5 Å². The van der Waals surface area contributed by atoms with Gasteiger partial charge in [0.15, 0.2) is 11.6 Å². The molecule has 2 heterocycles. The molecule has 10 nitrogen and oxygen atoms in total. The van der Waals surface area contributed by atoms with E-state index < -0.39 is 0 Å². The molecule has 14 heteroatoms. The molecule has 2 aromatic heterocycles. The summed E-state index contributed by atoms with van der Waals surface area (Å²) in [4.78, 5) is 0. The fourth-order valence-electron chi connectivity index (χ4n) is 2.84. The van der Waals surface area contributed by atoms with Crippen LogP contribution in [0.4, 0.5) is 0 Å². The summed E-state index contributed by atoms with van der Waals surface area (Å²) >= 11 is 21.8. The lowest BCUT2D eigenvalue weighted by Crippen LogP contribution is -1.97. The zero-order chi connectivity index (χ0) is 26.2. The number of aromatic nitrogens is 6. The summed E-state index contributed by atoms with van der Waals surface area (Å²) in [7, 11) is 0. The van der Waals surface area contributed by atoms with Gasteiger partial charge in [0.1, 0.15) is 11.5 Å². The van der Waals surface area contributed by atoms with Gasteiger partial charge in [-0.15, -0.1) is 0 Å². The molecule has 36 heavy (non-hydrogen) atoms. The van der Waals surface area contributed by atoms with E-state index in [1.807, 2.05) is 13.8 Å². The summed E-state index contributed by atoms with van der Waals surface area (Å²) in [5, 5.41) is 42.1. The Bertz CT molecular complexity index is 1410. The Morgan fingerprint density at radius 3 is 1.56 bits per heavy atom. The zero-order valence-electron chi connectivity index (χ0n) is 19.2. The highest BCUT2D eigenvalue weighted by molar-refractivity contribution is 7.71. The van der Waals surface area contributed by atoms with Crippen molar-refractivity contribution in [2.45, 2.75) is 26.7 Å². The van der Waals surface area contributed by atoms with Gasteiger partial charge in [0.2, 0.25) is 9.54 Å². The van der Waals surface area contributed by atoms with E-state index >= 15 is 0 Å². The number of aromatic hydroxyl groups is 2. The maximum atomic E-state index is 9.65. The highest BCUT2D eigenvalue weighted by Gasteiger charge is 2.04. The molecule has 188 valence electrons. The number of aromatic amines is 2. The average Bonchev–Trinajstić information content (AvgIpc) is 3.41. The van der Waals surface area contributed by atoms with E-state index in [9.17, 15) is 10.2 Å². The number of hydrogen-bond acceptors (Lipinski definition) is 8. The molecule has 0 spiro atoms. The van der Waals surface area contributed by atoms with Gasteiger partial charge in [-0.05, 0) is 60.8 Å². The fourth-order valence-corrected chi connectivity index (χ4v) is 3.60. The molecule has 4 N–H and O–H groups in total. The van der Waals surface area contributed by atoms with E-state index in [0.29, 0.717) is 43.6 Å². The van der Waals surface area contributed by atoms with Crippen molar-refractivity contribution in [3.8, 4) is 11.5 Å². The van der Waals surface area contributed by atoms with Crippen LogP contribution in [0.3, 0.4) is 0 Å². The number of hydrogen-bond donors (Lipinski definition) is 4. The van der Waals surface area contributed by atoms with Crippen LogP contribution in [0.25, 0.3) is 0 Å². The van der Waals surface area contributed by atoms with Crippen LogP contribution in [0, 0.1) is 9.54 Å². The molecule has 0 bridgehead atoms. The number of nitrogens with zero attached hydrogens (tertiary/aromatic N) is 6. The number of phenols is 2. The van der Waals surface area contributed by atoms with Gasteiger partial charge >= 0.3 is 0 Å². The zero-order valence-corrected chi connectivity index (χ0v) is 22.3. The lowest BCUT2D eigenvalue weighted by atomic mass is 10.2. The number of aryl methyl sites for hydroxylation is 2. The Balaban J connectivity index is 0.000000201. The molecule has 0 saturated heterocycles. The average molecular weight is 566 g/mol. The van der Waals surface area contributed by atoms with Crippen LogP contribution in [0.15, 0.2) is 46.6 Å². The number of phenolic OH excluding ortho intramolecular Hbond substituents is 2. The largest absolute Gasteiger partial charge is 0.507 e. The van der Waals surface area contributed by atoms with Crippen molar-refractivity contribution in [3.05, 3.63) is 78.8 Å². The summed E-state index contributed by atoms with van der Waals surface area (Å²) in [6.07, 6.45) is 4.38. The summed E-state index contributed by atoms with van der Waals surface area (Å²) in [5.74, 6) is 1.66. The van der Waals surface area contributed by atoms with Crippen molar-refractivity contribution in [3.63, 3.8) is 0 Å². The first-order chi connectivity index (χ1) is 17.2. The quantitative estimate of drug-likeness (QED) is 0.181. The van der Waals surface area contributed by atoms with Gasteiger partial charge in [0.05, 0.1) is 12.4 Å². The number of halogens is 2. The normalized spacial score (nSPS) is 11.2. The molecule has 0 unspecified atom stereocenters. The minimum atomic E-state index is 0.108. The maximum absolute atomic E-state index is 9.65. The predicted octanol–water partition coefficient (Wildman–Crippen LogP) is 5.49. The van der Waals surface area contributed by atoms with Crippen LogP contribution in [0.2, 0.25) is 10.0 Å². The van der Waals surface area contributed by atoms with Crippen molar-refractivity contribution >= 4 is 60.1 Å². The van der Waals surface area contributed by atoms with Gasteiger partial charge in [-0.1, -0.05) is 37.0 Å². The predicted molar refractivity (Wildman–Crippen MR) is 146 cm³/mol. The molecule has 0 amide bonds. The Morgan fingerprint density at radius 1 is 0.806 bits per heavy atom. The third kappa shape index (κ3) is 6.88. The van der Waals surface area contributed by atoms with Gasteiger partial charge in [0, 0.05) is 34.0 Å². The second-order valence-corrected chi connectivity index (χ2v) is 8.76. The van der Waals surface area contributed by atoms with Gasteiger partial charge in [-0.2, -0.15) is 29.8 Å². The first kappa shape index (κ1) is 27.3. The first-order valence-corrected chi connectivity index (χ1v) is 12.2. The van der Waals surface area contributed by atoms with E-state index in [0.717, 1.165) is 11.6 Å². The Hall–Kier alpha value is -3.32. The number of rotatable bonds is 6. The van der Waals surface area contributed by atoms with Crippen molar-refractivity contribution in [2.75, 3.05) is 0 Å². The van der Waals surface area contributed by atoms with Crippen LogP contribution >= 0.6 is 47.6 Å². The van der Waals surface area contributed by atoms with Gasteiger partial charge in [0.25, 0.3) is 0 Å². The van der Waals surface area contributed by atoms with Crippen LogP contribution < -0.4 is 0 Å². The molecular formula is C22H22Cl2N8O2S2. The highest BCUT2D eigenvalue weighted by atomic mass is 35.5. The Labute approximate surface area is 226 Å². The lowest BCUT2D eigenvalue weighted by molar-refractivity contribution is 0.474. The molecule has 0 aliphatic rings. The van der Waals surface area contributed by atoms with Crippen LogP contribution in [0.1, 0.15) is 36.6 Å². The van der Waals surface area contributed by atoms with E-state index in [2.05, 4.69) is 30.6 Å². The number of benzene rings is 2. The van der Waals surface area contributed by atoms with E-state index in [1.54, 1.807) is 24.3 Å². The third-order valence-electron chi connectivity index (χ3n) is 4.67. The molecule has 0 atom stereocenters. The number of nitrogens with one attached hydrogen (secondary N) is 2. The monoisotopic (exact) mass is 564 g/mol. The number of H-pyrrole nitrogens is 2. The summed E-state index contributed by atoms with van der Waals surface area (Å²) in [6, 6.07) is 9.48. The minimum absolute atomic E-state index is 0.108. The molecule has 0 saturated carbocycles. The van der Waals surface area contributed by atoms with Gasteiger partial charge in [-0.3, -0.25) is 10.2 Å². The second-order valence-electron chi connectivity index (χ2n) is 7.12. The Kier molecular flexibility index (Phi) is 9.53. The summed E-state index contributed by atoms with van der Waals surface area (Å²) < 4.78 is 3.83. The maximum Gasteiger partial charge on any atom is 0.216 e. The topological polar surface area (TPSA) is 132 Å². The summed E-state index contributed by atoms with van der Waals surface area (Å²) in [6.45, 7) is 3.90. The first-order valence-electron chi connectivity index (χ1n) is 10.6.